The average molecular weight is 416 g/mol. The van der Waals surface area contributed by atoms with Gasteiger partial charge in [-0.25, -0.2) is 9.97 Å². The summed E-state index contributed by atoms with van der Waals surface area (Å²) < 4.78 is 6.84. The lowest BCUT2D eigenvalue weighted by molar-refractivity contribution is 0.0955. The first-order valence-corrected chi connectivity index (χ1v) is 10.2. The van der Waals surface area contributed by atoms with Crippen LogP contribution in [0.5, 0.6) is 5.75 Å². The van der Waals surface area contributed by atoms with Crippen molar-refractivity contribution < 1.29 is 9.53 Å². The van der Waals surface area contributed by atoms with Crippen LogP contribution in [0.15, 0.2) is 53.6 Å². The molecule has 1 amide bonds. The minimum atomic E-state index is -0.285. The molecular weight excluding hydrogens is 392 g/mol. The predicted octanol–water partition coefficient (Wildman–Crippen LogP) is 3.59. The number of benzene rings is 2. The molecule has 4 aromatic rings. The fourth-order valence-electron chi connectivity index (χ4n) is 3.35. The van der Waals surface area contributed by atoms with Crippen LogP contribution in [-0.2, 0) is 0 Å². The summed E-state index contributed by atoms with van der Waals surface area (Å²) in [6.45, 7) is 2.63. The lowest BCUT2D eigenvalue weighted by atomic mass is 10.2. The van der Waals surface area contributed by atoms with E-state index in [-0.39, 0.29) is 17.3 Å². The number of methoxy groups -OCH3 is 1. The third kappa shape index (κ3) is 3.92. The highest BCUT2D eigenvalue weighted by atomic mass is 16.5. The minimum absolute atomic E-state index is 0.186. The van der Waals surface area contributed by atoms with E-state index in [0.717, 1.165) is 18.4 Å². The molecule has 158 valence electrons. The number of nitrogen functional groups attached to an aromatic ring is 1. The molecular formula is C23H24N6O2. The van der Waals surface area contributed by atoms with Gasteiger partial charge in [0.25, 0.3) is 5.91 Å². The normalized spacial score (nSPS) is 11.4. The molecule has 0 saturated carbocycles. The number of hydrogen-bond acceptors (Lipinski definition) is 6. The molecule has 2 aromatic heterocycles. The summed E-state index contributed by atoms with van der Waals surface area (Å²) >= 11 is 0. The first-order chi connectivity index (χ1) is 15.1. The maximum Gasteiger partial charge on any atom is 0.257 e. The number of nitrogens with one attached hydrogen (secondary N) is 1. The van der Waals surface area contributed by atoms with E-state index in [2.05, 4.69) is 27.3 Å². The van der Waals surface area contributed by atoms with Gasteiger partial charge in [-0.2, -0.15) is 9.78 Å². The SMILES string of the molecule is CCCCNC(=O)c1c(N)n(/N=C/c2ccccc2OC)c2nc3ccccc3nc12. The van der Waals surface area contributed by atoms with Crippen LogP contribution in [0.25, 0.3) is 22.2 Å². The molecule has 0 aliphatic heterocycles. The van der Waals surface area contributed by atoms with E-state index in [1.54, 1.807) is 13.3 Å². The Bertz CT molecular complexity index is 1280. The number of aromatic nitrogens is 3. The molecule has 31 heavy (non-hydrogen) atoms. The Hall–Kier alpha value is -3.94. The van der Waals surface area contributed by atoms with Crippen LogP contribution in [0.4, 0.5) is 5.82 Å². The zero-order chi connectivity index (χ0) is 21.8. The van der Waals surface area contributed by atoms with Crippen LogP contribution in [0.3, 0.4) is 0 Å². The Morgan fingerprint density at radius 2 is 1.87 bits per heavy atom. The number of rotatable bonds is 7. The van der Waals surface area contributed by atoms with Gasteiger partial charge in [0.1, 0.15) is 22.6 Å². The molecule has 3 N–H and O–H groups in total. The Morgan fingerprint density at radius 3 is 2.61 bits per heavy atom. The summed E-state index contributed by atoms with van der Waals surface area (Å²) in [5.74, 6) is 0.576. The number of amides is 1. The van der Waals surface area contributed by atoms with Crippen molar-refractivity contribution in [2.75, 3.05) is 19.4 Å². The second-order valence-electron chi connectivity index (χ2n) is 7.05. The summed E-state index contributed by atoms with van der Waals surface area (Å²) in [7, 11) is 1.60. The van der Waals surface area contributed by atoms with Crippen molar-refractivity contribution in [1.82, 2.24) is 20.0 Å². The zero-order valence-corrected chi connectivity index (χ0v) is 17.5. The lowest BCUT2D eigenvalue weighted by Gasteiger charge is -2.05. The van der Waals surface area contributed by atoms with Gasteiger partial charge in [0.15, 0.2) is 5.65 Å². The van der Waals surface area contributed by atoms with Crippen molar-refractivity contribution in [3.8, 4) is 5.75 Å². The highest BCUT2D eigenvalue weighted by molar-refractivity contribution is 6.10. The molecule has 0 aliphatic carbocycles. The predicted molar refractivity (Wildman–Crippen MR) is 123 cm³/mol. The number of para-hydroxylation sites is 3. The van der Waals surface area contributed by atoms with Gasteiger partial charge in [-0.3, -0.25) is 4.79 Å². The number of fused-ring (bicyclic) bond motifs is 2. The van der Waals surface area contributed by atoms with Crippen molar-refractivity contribution in [3.05, 3.63) is 59.7 Å². The number of ether oxygens (including phenoxy) is 1. The standard InChI is InChI=1S/C23H24N6O2/c1-3-4-13-25-23(30)19-20-22(28-17-11-7-6-10-16(17)27-20)29(21(19)24)26-14-15-9-5-8-12-18(15)31-2/h5-12,14H,3-4,13,24H2,1-2H3,(H,25,30)/b26-14+. The molecule has 2 heterocycles. The summed E-state index contributed by atoms with van der Waals surface area (Å²) in [5, 5.41) is 7.44. The third-order valence-corrected chi connectivity index (χ3v) is 4.97. The topological polar surface area (TPSA) is 107 Å². The van der Waals surface area contributed by atoms with Crippen LogP contribution in [0.1, 0.15) is 35.7 Å². The number of hydrogen-bond donors (Lipinski definition) is 2. The van der Waals surface area contributed by atoms with E-state index < -0.39 is 0 Å². The number of carbonyl (C=O) groups is 1. The Balaban J connectivity index is 1.87. The third-order valence-electron chi connectivity index (χ3n) is 4.97. The average Bonchev–Trinajstić information content (AvgIpc) is 3.06. The maximum atomic E-state index is 12.9. The number of carbonyl (C=O) groups excluding carboxylic acids is 1. The highest BCUT2D eigenvalue weighted by Gasteiger charge is 2.23. The van der Waals surface area contributed by atoms with E-state index in [0.29, 0.717) is 34.5 Å². The summed E-state index contributed by atoms with van der Waals surface area (Å²) in [6, 6.07) is 15.0. The Kier molecular flexibility index (Phi) is 5.79. The van der Waals surface area contributed by atoms with Gasteiger partial charge in [-0.15, -0.1) is 0 Å². The van der Waals surface area contributed by atoms with E-state index in [4.69, 9.17) is 10.5 Å². The number of nitrogens with zero attached hydrogens (tertiary/aromatic N) is 4. The molecule has 8 heteroatoms. The molecule has 8 nitrogen and oxygen atoms in total. The minimum Gasteiger partial charge on any atom is -0.496 e. The number of unbranched alkanes of at least 4 members (excludes halogenated alkanes) is 1. The summed E-state index contributed by atoms with van der Waals surface area (Å²) in [5.41, 5.74) is 9.66. The van der Waals surface area contributed by atoms with Gasteiger partial charge in [-0.05, 0) is 30.7 Å². The van der Waals surface area contributed by atoms with Gasteiger partial charge < -0.3 is 15.8 Å². The molecule has 2 aromatic carbocycles. The quantitative estimate of drug-likeness (QED) is 0.354. The van der Waals surface area contributed by atoms with Gasteiger partial charge in [-0.1, -0.05) is 37.6 Å². The maximum absolute atomic E-state index is 12.9. The molecule has 0 bridgehead atoms. The fraction of sp³-hybridized carbons (Fsp3) is 0.217. The number of anilines is 1. The second kappa shape index (κ2) is 8.83. The second-order valence-corrected chi connectivity index (χ2v) is 7.05. The molecule has 0 saturated heterocycles. The summed E-state index contributed by atoms with van der Waals surface area (Å²) in [6.07, 6.45) is 3.49. The first kappa shape index (κ1) is 20.3. The highest BCUT2D eigenvalue weighted by Crippen LogP contribution is 2.28. The van der Waals surface area contributed by atoms with Crippen LogP contribution in [-0.4, -0.2) is 40.4 Å². The number of nitrogens with two attached hydrogens (primary N) is 1. The van der Waals surface area contributed by atoms with Crippen LogP contribution in [0, 0.1) is 0 Å². The van der Waals surface area contributed by atoms with Crippen molar-refractivity contribution in [2.24, 2.45) is 5.10 Å². The van der Waals surface area contributed by atoms with Crippen molar-refractivity contribution in [3.63, 3.8) is 0 Å². The molecule has 0 radical (unpaired) electrons. The van der Waals surface area contributed by atoms with Crippen molar-refractivity contribution in [2.45, 2.75) is 19.8 Å². The molecule has 4 rings (SSSR count). The van der Waals surface area contributed by atoms with Gasteiger partial charge in [0.2, 0.25) is 0 Å². The zero-order valence-electron chi connectivity index (χ0n) is 17.5. The van der Waals surface area contributed by atoms with Crippen molar-refractivity contribution >= 4 is 40.1 Å². The van der Waals surface area contributed by atoms with E-state index in [1.807, 2.05) is 48.5 Å². The molecule has 0 fully saturated rings. The van der Waals surface area contributed by atoms with Crippen LogP contribution in [0.2, 0.25) is 0 Å². The first-order valence-electron chi connectivity index (χ1n) is 10.2. The molecule has 0 aliphatic rings. The van der Waals surface area contributed by atoms with Crippen LogP contribution < -0.4 is 15.8 Å². The van der Waals surface area contributed by atoms with E-state index >= 15 is 0 Å². The summed E-state index contributed by atoms with van der Waals surface area (Å²) in [4.78, 5) is 22.3. The van der Waals surface area contributed by atoms with E-state index in [9.17, 15) is 4.79 Å². The smallest absolute Gasteiger partial charge is 0.257 e. The van der Waals surface area contributed by atoms with Crippen molar-refractivity contribution in [1.29, 1.82) is 0 Å². The lowest BCUT2D eigenvalue weighted by Crippen LogP contribution is -2.25. The molecule has 0 atom stereocenters. The fourth-order valence-corrected chi connectivity index (χ4v) is 3.35. The van der Waals surface area contributed by atoms with Gasteiger partial charge in [0.05, 0.1) is 24.4 Å². The monoisotopic (exact) mass is 416 g/mol. The Morgan fingerprint density at radius 1 is 1.16 bits per heavy atom. The van der Waals surface area contributed by atoms with E-state index in [1.165, 1.54) is 4.68 Å². The largest absolute Gasteiger partial charge is 0.496 e. The molecule has 0 spiro atoms. The Labute approximate surface area is 179 Å². The van der Waals surface area contributed by atoms with Gasteiger partial charge in [0, 0.05) is 12.1 Å². The van der Waals surface area contributed by atoms with Crippen LogP contribution >= 0.6 is 0 Å². The van der Waals surface area contributed by atoms with Gasteiger partial charge >= 0.3 is 0 Å². The molecule has 0 unspecified atom stereocenters.